The standard InChI is InChI=1S/C18H27BrClNO3S/c1-11(2)15(16(22)24-7)18(6,21-25(23)17(3,4)5)12-8-9-13(19)14(20)10-12/h8-11,15,21H,1-7H3/t15-,18-,25+/m1/s1. The van der Waals surface area contributed by atoms with Crippen LogP contribution in [-0.2, 0) is 26.4 Å². The Labute approximate surface area is 167 Å². The van der Waals surface area contributed by atoms with Crippen molar-refractivity contribution in [2.45, 2.75) is 51.8 Å². The lowest BCUT2D eigenvalue weighted by Crippen LogP contribution is -2.56. The minimum absolute atomic E-state index is 0.0376. The second-order valence-corrected chi connectivity index (χ2v) is 10.8. The molecule has 0 aliphatic carbocycles. The summed E-state index contributed by atoms with van der Waals surface area (Å²) in [5.41, 5.74) is -0.133. The molecule has 0 saturated carbocycles. The summed E-state index contributed by atoms with van der Waals surface area (Å²) in [7, 11) is 1.37. The number of methoxy groups -OCH3 is 1. The van der Waals surface area contributed by atoms with Gasteiger partial charge in [-0.2, -0.15) is 0 Å². The molecule has 1 rings (SSSR count). The molecule has 0 aromatic heterocycles. The smallest absolute Gasteiger partial charge is 0.311 e. The van der Waals surface area contributed by atoms with E-state index >= 15 is 0 Å². The van der Waals surface area contributed by atoms with Crippen LogP contribution in [0.2, 0.25) is 5.02 Å². The van der Waals surface area contributed by atoms with Crippen LogP contribution in [-0.4, -0.2) is 22.4 Å². The minimum Gasteiger partial charge on any atom is -0.598 e. The summed E-state index contributed by atoms with van der Waals surface area (Å²) in [5, 5.41) is 0.527. The lowest BCUT2D eigenvalue weighted by Gasteiger charge is -2.41. The van der Waals surface area contributed by atoms with Gasteiger partial charge in [-0.1, -0.05) is 31.5 Å². The van der Waals surface area contributed by atoms with Crippen LogP contribution in [0, 0.1) is 11.8 Å². The van der Waals surface area contributed by atoms with Crippen molar-refractivity contribution in [2.24, 2.45) is 11.8 Å². The van der Waals surface area contributed by atoms with Crippen LogP contribution in [0.5, 0.6) is 0 Å². The molecule has 25 heavy (non-hydrogen) atoms. The fourth-order valence-corrected chi connectivity index (χ4v) is 4.13. The number of hydrogen-bond donors (Lipinski definition) is 1. The molecule has 0 spiro atoms. The molecule has 0 aliphatic heterocycles. The van der Waals surface area contributed by atoms with E-state index in [1.54, 1.807) is 6.07 Å². The van der Waals surface area contributed by atoms with Crippen molar-refractivity contribution in [3.05, 3.63) is 33.3 Å². The molecule has 1 aromatic carbocycles. The molecule has 0 unspecified atom stereocenters. The molecule has 142 valence electrons. The Morgan fingerprint density at radius 1 is 1.32 bits per heavy atom. The Kier molecular flexibility index (Phi) is 7.84. The van der Waals surface area contributed by atoms with Gasteiger partial charge in [-0.3, -0.25) is 4.79 Å². The average Bonchev–Trinajstić information content (AvgIpc) is 2.48. The third kappa shape index (κ3) is 5.36. The van der Waals surface area contributed by atoms with Crippen LogP contribution in [0.25, 0.3) is 0 Å². The number of halogens is 2. The number of carbonyl (C=O) groups excluding carboxylic acids is 1. The molecular formula is C18H27BrClNO3S. The van der Waals surface area contributed by atoms with E-state index in [-0.39, 0.29) is 11.9 Å². The van der Waals surface area contributed by atoms with Gasteiger partial charge in [0, 0.05) is 15.8 Å². The third-order valence-corrected chi connectivity index (χ3v) is 7.08. The van der Waals surface area contributed by atoms with Gasteiger partial charge in [0.2, 0.25) is 0 Å². The lowest BCUT2D eigenvalue weighted by molar-refractivity contribution is -0.150. The highest BCUT2D eigenvalue weighted by Crippen LogP contribution is 2.39. The topological polar surface area (TPSA) is 61.4 Å². The molecular weight excluding hydrogens is 426 g/mol. The number of nitrogens with one attached hydrogen (secondary N) is 1. The van der Waals surface area contributed by atoms with E-state index in [9.17, 15) is 9.35 Å². The van der Waals surface area contributed by atoms with Crippen LogP contribution in [0.1, 0.15) is 47.1 Å². The zero-order valence-electron chi connectivity index (χ0n) is 15.8. The Balaban J connectivity index is 3.53. The van der Waals surface area contributed by atoms with Crippen molar-refractivity contribution in [1.29, 1.82) is 0 Å². The van der Waals surface area contributed by atoms with E-state index < -0.39 is 27.6 Å². The van der Waals surface area contributed by atoms with Crippen molar-refractivity contribution in [2.75, 3.05) is 7.11 Å². The summed E-state index contributed by atoms with van der Waals surface area (Å²) in [6.07, 6.45) is 0. The SMILES string of the molecule is COC(=O)[C@@H](C(C)C)[C@](C)(N[S@@+]([O-])C(C)(C)C)c1ccc(Br)c(Cl)c1. The first-order valence-corrected chi connectivity index (χ1v) is 10.4. The van der Waals surface area contributed by atoms with E-state index in [1.807, 2.05) is 53.7 Å². The molecule has 0 saturated heterocycles. The number of esters is 1. The van der Waals surface area contributed by atoms with Gasteiger partial charge in [0.1, 0.15) is 4.75 Å². The number of hydrogen-bond acceptors (Lipinski definition) is 4. The molecule has 0 bridgehead atoms. The lowest BCUT2D eigenvalue weighted by atomic mass is 9.74. The van der Waals surface area contributed by atoms with Gasteiger partial charge in [0.15, 0.2) is 0 Å². The minimum atomic E-state index is -1.39. The van der Waals surface area contributed by atoms with Crippen molar-refractivity contribution in [3.8, 4) is 0 Å². The van der Waals surface area contributed by atoms with Crippen molar-refractivity contribution >= 4 is 44.9 Å². The van der Waals surface area contributed by atoms with Crippen molar-refractivity contribution < 1.29 is 14.1 Å². The maximum Gasteiger partial charge on any atom is 0.311 e. The van der Waals surface area contributed by atoms with E-state index in [1.165, 1.54) is 7.11 Å². The van der Waals surface area contributed by atoms with Crippen LogP contribution in [0.4, 0.5) is 0 Å². The van der Waals surface area contributed by atoms with Gasteiger partial charge < -0.3 is 9.29 Å². The summed E-state index contributed by atoms with van der Waals surface area (Å²) < 4.78 is 21.4. The Hall–Kier alpha value is -0.270. The van der Waals surface area contributed by atoms with Gasteiger partial charge in [-0.05, 0) is 67.2 Å². The van der Waals surface area contributed by atoms with Gasteiger partial charge in [-0.15, -0.1) is 4.72 Å². The molecule has 0 amide bonds. The Bertz CT molecular complexity index is 621. The van der Waals surface area contributed by atoms with Crippen LogP contribution in [0.15, 0.2) is 22.7 Å². The van der Waals surface area contributed by atoms with Crippen LogP contribution in [0.3, 0.4) is 0 Å². The van der Waals surface area contributed by atoms with Gasteiger partial charge in [0.05, 0.1) is 23.6 Å². The monoisotopic (exact) mass is 451 g/mol. The molecule has 0 heterocycles. The zero-order valence-corrected chi connectivity index (χ0v) is 18.9. The van der Waals surface area contributed by atoms with Gasteiger partial charge in [0.25, 0.3) is 0 Å². The van der Waals surface area contributed by atoms with E-state index in [0.717, 1.165) is 10.0 Å². The number of rotatable bonds is 6. The quantitative estimate of drug-likeness (QED) is 0.497. The molecule has 1 N–H and O–H groups in total. The summed E-state index contributed by atoms with van der Waals surface area (Å²) in [6.45, 7) is 11.4. The molecule has 1 aromatic rings. The maximum absolute atomic E-state index is 12.8. The Morgan fingerprint density at radius 2 is 1.88 bits per heavy atom. The predicted molar refractivity (Wildman–Crippen MR) is 108 cm³/mol. The molecule has 3 atom stereocenters. The number of benzene rings is 1. The average molecular weight is 453 g/mol. The first-order valence-electron chi connectivity index (χ1n) is 8.07. The third-order valence-electron chi connectivity index (χ3n) is 4.12. The van der Waals surface area contributed by atoms with Crippen LogP contribution < -0.4 is 4.72 Å². The summed E-state index contributed by atoms with van der Waals surface area (Å²) in [4.78, 5) is 12.6. The summed E-state index contributed by atoms with van der Waals surface area (Å²) in [6, 6.07) is 5.49. The predicted octanol–water partition coefficient (Wildman–Crippen LogP) is 4.81. The molecule has 0 fully saturated rings. The fourth-order valence-electron chi connectivity index (χ4n) is 2.77. The molecule has 0 aliphatic rings. The highest BCUT2D eigenvalue weighted by molar-refractivity contribution is 9.10. The maximum atomic E-state index is 12.8. The summed E-state index contributed by atoms with van der Waals surface area (Å²) in [5.74, 6) is -0.930. The van der Waals surface area contributed by atoms with E-state index in [4.69, 9.17) is 16.3 Å². The first-order chi connectivity index (χ1) is 11.3. The number of ether oxygens (including phenoxy) is 1. The largest absolute Gasteiger partial charge is 0.598 e. The molecule has 7 heteroatoms. The second kappa shape index (κ2) is 8.61. The second-order valence-electron chi connectivity index (χ2n) is 7.56. The van der Waals surface area contributed by atoms with Crippen LogP contribution >= 0.6 is 27.5 Å². The zero-order chi connectivity index (χ0) is 19.6. The molecule has 0 radical (unpaired) electrons. The normalized spacial score (nSPS) is 17.1. The van der Waals surface area contributed by atoms with Crippen molar-refractivity contribution in [1.82, 2.24) is 4.72 Å². The van der Waals surface area contributed by atoms with Gasteiger partial charge in [-0.25, -0.2) is 0 Å². The highest BCUT2D eigenvalue weighted by Gasteiger charge is 2.48. The highest BCUT2D eigenvalue weighted by atomic mass is 79.9. The fraction of sp³-hybridized carbons (Fsp3) is 0.611. The molecule has 4 nitrogen and oxygen atoms in total. The first kappa shape index (κ1) is 22.8. The van der Waals surface area contributed by atoms with Crippen molar-refractivity contribution in [3.63, 3.8) is 0 Å². The van der Waals surface area contributed by atoms with E-state index in [2.05, 4.69) is 20.7 Å². The number of carbonyl (C=O) groups is 1. The summed E-state index contributed by atoms with van der Waals surface area (Å²) >= 11 is 8.27. The van der Waals surface area contributed by atoms with Gasteiger partial charge >= 0.3 is 5.97 Å². The van der Waals surface area contributed by atoms with E-state index in [0.29, 0.717) is 5.02 Å². The Morgan fingerprint density at radius 3 is 2.28 bits per heavy atom.